The lowest BCUT2D eigenvalue weighted by Crippen LogP contribution is -2.26. The van der Waals surface area contributed by atoms with Gasteiger partial charge in [0.2, 0.25) is 5.88 Å². The molecule has 1 N–H and O–H groups in total. The van der Waals surface area contributed by atoms with Gasteiger partial charge in [0.25, 0.3) is 0 Å². The first-order valence-corrected chi connectivity index (χ1v) is 7.71. The van der Waals surface area contributed by atoms with Crippen LogP contribution in [-0.4, -0.2) is 10.9 Å². The normalized spacial score (nSPS) is 21.4. The molecule has 0 amide bonds. The zero-order chi connectivity index (χ0) is 13.7. The Kier molecular flexibility index (Phi) is 2.57. The lowest BCUT2D eigenvalue weighted by Gasteiger charge is -2.30. The first-order chi connectivity index (χ1) is 9.75. The third kappa shape index (κ3) is 1.59. The smallest absolute Gasteiger partial charge is 0.233 e. The Balaban J connectivity index is 1.96. The van der Waals surface area contributed by atoms with E-state index in [9.17, 15) is 4.79 Å². The van der Waals surface area contributed by atoms with Crippen LogP contribution in [0.25, 0.3) is 0 Å². The average Bonchev–Trinajstić information content (AvgIpc) is 3.08. The van der Waals surface area contributed by atoms with Gasteiger partial charge in [0.15, 0.2) is 5.78 Å². The molecule has 0 spiro atoms. The third-order valence-electron chi connectivity index (χ3n) is 4.08. The van der Waals surface area contributed by atoms with Crippen molar-refractivity contribution in [3.8, 4) is 0 Å². The highest BCUT2D eigenvalue weighted by Gasteiger charge is 2.38. The molecule has 5 heteroatoms. The van der Waals surface area contributed by atoms with Crippen LogP contribution < -0.4 is 5.32 Å². The van der Waals surface area contributed by atoms with Crippen molar-refractivity contribution in [1.29, 1.82) is 0 Å². The van der Waals surface area contributed by atoms with E-state index in [-0.39, 0.29) is 11.7 Å². The molecule has 2 aromatic rings. The molecule has 1 atom stereocenters. The van der Waals surface area contributed by atoms with E-state index in [0.717, 1.165) is 40.9 Å². The Bertz CT molecular complexity index is 712. The van der Waals surface area contributed by atoms with Crippen molar-refractivity contribution >= 4 is 23.0 Å². The van der Waals surface area contributed by atoms with Gasteiger partial charge in [-0.05, 0) is 42.2 Å². The van der Waals surface area contributed by atoms with Crippen LogP contribution in [0.4, 0.5) is 5.88 Å². The summed E-state index contributed by atoms with van der Waals surface area (Å²) in [5, 5.41) is 11.5. The van der Waals surface area contributed by atoms with Crippen LogP contribution in [0.15, 0.2) is 32.6 Å². The molecule has 3 heterocycles. The Morgan fingerprint density at radius 1 is 1.45 bits per heavy atom. The Morgan fingerprint density at radius 3 is 3.15 bits per heavy atom. The van der Waals surface area contributed by atoms with E-state index in [1.54, 1.807) is 11.3 Å². The molecule has 20 heavy (non-hydrogen) atoms. The predicted molar refractivity (Wildman–Crippen MR) is 76.9 cm³/mol. The van der Waals surface area contributed by atoms with Gasteiger partial charge in [-0.2, -0.15) is 11.3 Å². The van der Waals surface area contributed by atoms with Crippen LogP contribution in [-0.2, 0) is 4.79 Å². The summed E-state index contributed by atoms with van der Waals surface area (Å²) < 4.78 is 5.40. The molecule has 1 aliphatic carbocycles. The van der Waals surface area contributed by atoms with E-state index in [1.165, 1.54) is 0 Å². The highest BCUT2D eigenvalue weighted by molar-refractivity contribution is 7.08. The number of anilines is 1. The second-order valence-electron chi connectivity index (χ2n) is 5.29. The quantitative estimate of drug-likeness (QED) is 0.870. The lowest BCUT2D eigenvalue weighted by atomic mass is 9.77. The van der Waals surface area contributed by atoms with Gasteiger partial charge in [0, 0.05) is 23.6 Å². The summed E-state index contributed by atoms with van der Waals surface area (Å²) in [6.07, 6.45) is 2.45. The standard InChI is InChI=1S/C15H14N2O2S/c1-8-12-13(9-5-6-20-7-9)14-10(3-2-4-11(14)18)16-15(12)19-17-8/h5-7,13,16H,2-4H2,1H3/t13-/m1/s1. The number of aryl methyl sites for hydroxylation is 1. The van der Waals surface area contributed by atoms with Gasteiger partial charge in [0.05, 0.1) is 11.3 Å². The molecule has 0 unspecified atom stereocenters. The summed E-state index contributed by atoms with van der Waals surface area (Å²) in [6, 6.07) is 2.09. The van der Waals surface area contributed by atoms with Gasteiger partial charge in [0.1, 0.15) is 0 Å². The van der Waals surface area contributed by atoms with Crippen molar-refractivity contribution in [3.63, 3.8) is 0 Å². The molecule has 4 rings (SSSR count). The number of hydrogen-bond donors (Lipinski definition) is 1. The molecule has 0 radical (unpaired) electrons. The largest absolute Gasteiger partial charge is 0.338 e. The lowest BCUT2D eigenvalue weighted by molar-refractivity contribution is -0.116. The molecule has 1 aliphatic heterocycles. The Labute approximate surface area is 120 Å². The Hall–Kier alpha value is -1.88. The van der Waals surface area contributed by atoms with Crippen LogP contribution in [0.3, 0.4) is 0 Å². The van der Waals surface area contributed by atoms with Gasteiger partial charge in [-0.1, -0.05) is 5.16 Å². The van der Waals surface area contributed by atoms with E-state index in [4.69, 9.17) is 4.52 Å². The number of allylic oxidation sites excluding steroid dienone is 2. The molecule has 2 aromatic heterocycles. The molecule has 0 aromatic carbocycles. The second-order valence-corrected chi connectivity index (χ2v) is 6.07. The fourth-order valence-electron chi connectivity index (χ4n) is 3.19. The number of nitrogens with zero attached hydrogens (tertiary/aromatic N) is 1. The van der Waals surface area contributed by atoms with E-state index in [1.807, 2.05) is 12.3 Å². The van der Waals surface area contributed by atoms with Crippen LogP contribution >= 0.6 is 11.3 Å². The van der Waals surface area contributed by atoms with Crippen molar-refractivity contribution in [1.82, 2.24) is 5.16 Å². The van der Waals surface area contributed by atoms with Crippen molar-refractivity contribution in [2.45, 2.75) is 32.1 Å². The van der Waals surface area contributed by atoms with Gasteiger partial charge in [-0.3, -0.25) is 4.79 Å². The number of thiophene rings is 1. The number of hydrogen-bond acceptors (Lipinski definition) is 5. The van der Waals surface area contributed by atoms with Crippen LogP contribution in [0.1, 0.15) is 42.0 Å². The van der Waals surface area contributed by atoms with Crippen LogP contribution in [0, 0.1) is 6.92 Å². The number of ketones is 1. The van der Waals surface area contributed by atoms with E-state index >= 15 is 0 Å². The maximum atomic E-state index is 12.4. The first kappa shape index (κ1) is 11.9. The maximum Gasteiger partial charge on any atom is 0.233 e. The number of Topliss-reactive ketones (excluding diaryl/α,β-unsaturated/α-hetero) is 1. The number of rotatable bonds is 1. The number of carbonyl (C=O) groups excluding carboxylic acids is 1. The Morgan fingerprint density at radius 2 is 2.35 bits per heavy atom. The fourth-order valence-corrected chi connectivity index (χ4v) is 3.88. The number of aromatic nitrogens is 1. The molecule has 2 aliphatic rings. The molecule has 0 saturated heterocycles. The first-order valence-electron chi connectivity index (χ1n) is 6.77. The van der Waals surface area contributed by atoms with Crippen LogP contribution in [0.5, 0.6) is 0 Å². The fraction of sp³-hybridized carbons (Fsp3) is 0.333. The van der Waals surface area contributed by atoms with Crippen molar-refractivity contribution in [2.24, 2.45) is 0 Å². The minimum atomic E-state index is -0.0217. The summed E-state index contributed by atoms with van der Waals surface area (Å²) in [4.78, 5) is 12.4. The van der Waals surface area contributed by atoms with Crippen molar-refractivity contribution < 1.29 is 9.32 Å². The molecule has 4 nitrogen and oxygen atoms in total. The second kappa shape index (κ2) is 4.31. The minimum absolute atomic E-state index is 0.0217. The van der Waals surface area contributed by atoms with Crippen molar-refractivity contribution in [3.05, 3.63) is 44.9 Å². The van der Waals surface area contributed by atoms with Gasteiger partial charge < -0.3 is 9.84 Å². The zero-order valence-corrected chi connectivity index (χ0v) is 11.9. The summed E-state index contributed by atoms with van der Waals surface area (Å²) in [5.74, 6) is 0.930. The molecule has 0 saturated carbocycles. The molecule has 102 valence electrons. The summed E-state index contributed by atoms with van der Waals surface area (Å²) in [7, 11) is 0. The SMILES string of the molecule is Cc1noc2c1[C@@H](c1ccsc1)C1=C(CCCC1=O)N2. The molecule has 0 bridgehead atoms. The summed E-state index contributed by atoms with van der Waals surface area (Å²) in [5.41, 5.74) is 4.95. The van der Waals surface area contributed by atoms with E-state index in [0.29, 0.717) is 12.3 Å². The molecule has 0 fully saturated rings. The molecular weight excluding hydrogens is 272 g/mol. The third-order valence-corrected chi connectivity index (χ3v) is 4.78. The predicted octanol–water partition coefficient (Wildman–Crippen LogP) is 3.61. The average molecular weight is 286 g/mol. The molecular formula is C15H14N2O2S. The van der Waals surface area contributed by atoms with E-state index in [2.05, 4.69) is 21.9 Å². The number of fused-ring (bicyclic) bond motifs is 1. The zero-order valence-electron chi connectivity index (χ0n) is 11.1. The van der Waals surface area contributed by atoms with Gasteiger partial charge in [-0.15, -0.1) is 0 Å². The van der Waals surface area contributed by atoms with E-state index < -0.39 is 0 Å². The van der Waals surface area contributed by atoms with Gasteiger partial charge in [-0.25, -0.2) is 0 Å². The van der Waals surface area contributed by atoms with Gasteiger partial charge >= 0.3 is 0 Å². The summed E-state index contributed by atoms with van der Waals surface area (Å²) in [6.45, 7) is 1.93. The minimum Gasteiger partial charge on any atom is -0.338 e. The highest BCUT2D eigenvalue weighted by atomic mass is 32.1. The van der Waals surface area contributed by atoms with Crippen LogP contribution in [0.2, 0.25) is 0 Å². The maximum absolute atomic E-state index is 12.4. The highest BCUT2D eigenvalue weighted by Crippen LogP contribution is 2.46. The number of nitrogens with one attached hydrogen (secondary N) is 1. The monoisotopic (exact) mass is 286 g/mol. The topological polar surface area (TPSA) is 55.1 Å². The van der Waals surface area contributed by atoms with Crippen molar-refractivity contribution in [2.75, 3.05) is 5.32 Å². The number of carbonyl (C=O) groups is 1. The summed E-state index contributed by atoms with van der Waals surface area (Å²) >= 11 is 1.65.